The normalized spacial score (nSPS) is 11.5. The lowest BCUT2D eigenvalue weighted by Crippen LogP contribution is -2.11. The third-order valence-corrected chi connectivity index (χ3v) is 4.55. The van der Waals surface area contributed by atoms with Crippen LogP contribution in [-0.4, -0.2) is 25.6 Å². The monoisotopic (exact) mass is 367 g/mol. The third kappa shape index (κ3) is 5.93. The highest BCUT2D eigenvalue weighted by Gasteiger charge is 2.09. The number of sulfonamides is 1. The average Bonchev–Trinajstić information content (AvgIpc) is 2.92. The van der Waals surface area contributed by atoms with E-state index in [9.17, 15) is 13.2 Å². The highest BCUT2D eigenvalue weighted by Crippen LogP contribution is 2.26. The van der Waals surface area contributed by atoms with E-state index in [1.165, 1.54) is 11.3 Å². The van der Waals surface area contributed by atoms with Gasteiger partial charge in [0.15, 0.2) is 5.13 Å². The van der Waals surface area contributed by atoms with Crippen molar-refractivity contribution < 1.29 is 13.2 Å². The van der Waals surface area contributed by atoms with Crippen molar-refractivity contribution in [3.63, 3.8) is 0 Å². The Hall–Kier alpha value is -1.93. The molecule has 130 valence electrons. The van der Waals surface area contributed by atoms with E-state index in [2.05, 4.69) is 28.9 Å². The summed E-state index contributed by atoms with van der Waals surface area (Å²) in [5.41, 5.74) is 2.09. The third-order valence-electron chi connectivity index (χ3n) is 3.18. The van der Waals surface area contributed by atoms with Crippen molar-refractivity contribution in [3.8, 4) is 11.3 Å². The number of carbonyl (C=O) groups excluding carboxylic acids is 1. The average molecular weight is 367 g/mol. The lowest BCUT2D eigenvalue weighted by atomic mass is 10.1. The summed E-state index contributed by atoms with van der Waals surface area (Å²) >= 11 is 1.37. The first-order valence-electron chi connectivity index (χ1n) is 7.56. The number of hydrogen-bond acceptors (Lipinski definition) is 5. The fourth-order valence-corrected chi connectivity index (χ4v) is 3.29. The van der Waals surface area contributed by atoms with Crippen molar-refractivity contribution in [2.75, 3.05) is 16.3 Å². The molecule has 0 atom stereocenters. The minimum absolute atomic E-state index is 0.0303. The molecule has 2 aromatic rings. The van der Waals surface area contributed by atoms with Crippen molar-refractivity contribution in [1.29, 1.82) is 0 Å². The molecule has 1 aromatic carbocycles. The number of amides is 1. The van der Waals surface area contributed by atoms with E-state index in [1.54, 1.807) is 24.3 Å². The molecule has 8 heteroatoms. The summed E-state index contributed by atoms with van der Waals surface area (Å²) in [5, 5.41) is 5.23. The maximum Gasteiger partial charge on any atom is 0.229 e. The summed E-state index contributed by atoms with van der Waals surface area (Å²) in [6, 6.07) is 6.92. The van der Waals surface area contributed by atoms with Crippen LogP contribution in [0.15, 0.2) is 29.6 Å². The molecule has 0 aliphatic heterocycles. The number of nitrogens with zero attached hydrogens (tertiary/aromatic N) is 1. The molecule has 0 bridgehead atoms. The van der Waals surface area contributed by atoms with Gasteiger partial charge in [0.05, 0.1) is 11.9 Å². The van der Waals surface area contributed by atoms with E-state index in [1.807, 2.05) is 5.38 Å². The van der Waals surface area contributed by atoms with E-state index in [0.717, 1.165) is 23.9 Å². The minimum Gasteiger partial charge on any atom is -0.302 e. The number of rotatable bonds is 7. The highest BCUT2D eigenvalue weighted by molar-refractivity contribution is 7.92. The predicted molar refractivity (Wildman–Crippen MR) is 98.7 cm³/mol. The first-order chi connectivity index (χ1) is 11.2. The first-order valence-corrected chi connectivity index (χ1v) is 10.3. The standard InChI is InChI=1S/C16H21N3O3S2/c1-11(2)4-9-15(20)18-16-17-14(10-23-16)12-5-7-13(8-6-12)19-24(3,21)22/h5-8,10-11,19H,4,9H2,1-3H3,(H,17,18,20). The maximum absolute atomic E-state index is 11.8. The van der Waals surface area contributed by atoms with Gasteiger partial charge in [-0.15, -0.1) is 11.3 Å². The molecule has 0 saturated heterocycles. The van der Waals surface area contributed by atoms with E-state index in [-0.39, 0.29) is 5.91 Å². The number of aromatic nitrogens is 1. The second-order valence-electron chi connectivity index (χ2n) is 5.97. The molecule has 2 rings (SSSR count). The Morgan fingerprint density at radius 3 is 2.50 bits per heavy atom. The second kappa shape index (κ2) is 7.76. The smallest absolute Gasteiger partial charge is 0.229 e. The number of anilines is 2. The fraction of sp³-hybridized carbons (Fsp3) is 0.375. The number of thiazole rings is 1. The lowest BCUT2D eigenvalue weighted by molar-refractivity contribution is -0.116. The van der Waals surface area contributed by atoms with Crippen LogP contribution in [0.4, 0.5) is 10.8 Å². The zero-order chi connectivity index (χ0) is 17.7. The molecule has 1 aromatic heterocycles. The molecular formula is C16H21N3O3S2. The lowest BCUT2D eigenvalue weighted by Gasteiger charge is -2.05. The van der Waals surface area contributed by atoms with Gasteiger partial charge in [-0.05, 0) is 24.5 Å². The summed E-state index contributed by atoms with van der Waals surface area (Å²) in [6.45, 7) is 4.16. The molecule has 1 amide bonds. The second-order valence-corrected chi connectivity index (χ2v) is 8.58. The Bertz CT molecular complexity index is 796. The van der Waals surface area contributed by atoms with Gasteiger partial charge in [0, 0.05) is 23.1 Å². The molecule has 1 heterocycles. The van der Waals surface area contributed by atoms with E-state index < -0.39 is 10.0 Å². The molecule has 6 nitrogen and oxygen atoms in total. The molecule has 0 saturated carbocycles. The van der Waals surface area contributed by atoms with Gasteiger partial charge >= 0.3 is 0 Å². The van der Waals surface area contributed by atoms with Crippen LogP contribution in [0.3, 0.4) is 0 Å². The largest absolute Gasteiger partial charge is 0.302 e. The van der Waals surface area contributed by atoms with Crippen LogP contribution >= 0.6 is 11.3 Å². The number of benzene rings is 1. The van der Waals surface area contributed by atoms with Crippen LogP contribution in [0.25, 0.3) is 11.3 Å². The van der Waals surface area contributed by atoms with Crippen molar-refractivity contribution in [3.05, 3.63) is 29.6 Å². The van der Waals surface area contributed by atoms with Crippen LogP contribution < -0.4 is 10.0 Å². The molecule has 0 radical (unpaired) electrons. The summed E-state index contributed by atoms with van der Waals surface area (Å²) in [5.74, 6) is 0.457. The highest BCUT2D eigenvalue weighted by atomic mass is 32.2. The van der Waals surface area contributed by atoms with Crippen LogP contribution in [0.2, 0.25) is 0 Å². The fourth-order valence-electron chi connectivity index (χ4n) is 1.99. The van der Waals surface area contributed by atoms with Crippen molar-refractivity contribution in [2.45, 2.75) is 26.7 Å². The van der Waals surface area contributed by atoms with Gasteiger partial charge in [-0.3, -0.25) is 9.52 Å². The minimum atomic E-state index is -3.29. The van der Waals surface area contributed by atoms with Crippen LogP contribution in [-0.2, 0) is 14.8 Å². The Labute approximate surface area is 146 Å². The SMILES string of the molecule is CC(C)CCC(=O)Nc1nc(-c2ccc(NS(C)(=O)=O)cc2)cs1. The molecule has 0 unspecified atom stereocenters. The van der Waals surface area contributed by atoms with Gasteiger partial charge in [-0.1, -0.05) is 26.0 Å². The van der Waals surface area contributed by atoms with Gasteiger partial charge in [0.2, 0.25) is 15.9 Å². The van der Waals surface area contributed by atoms with Crippen molar-refractivity contribution in [1.82, 2.24) is 4.98 Å². The van der Waals surface area contributed by atoms with Crippen LogP contribution in [0, 0.1) is 5.92 Å². The topological polar surface area (TPSA) is 88.2 Å². The number of hydrogen-bond donors (Lipinski definition) is 2. The van der Waals surface area contributed by atoms with E-state index in [0.29, 0.717) is 23.2 Å². The molecule has 24 heavy (non-hydrogen) atoms. The maximum atomic E-state index is 11.8. The Morgan fingerprint density at radius 2 is 1.92 bits per heavy atom. The zero-order valence-electron chi connectivity index (χ0n) is 13.9. The molecule has 0 spiro atoms. The number of carbonyl (C=O) groups is 1. The summed E-state index contributed by atoms with van der Waals surface area (Å²) in [7, 11) is -3.29. The molecule has 0 aliphatic carbocycles. The summed E-state index contributed by atoms with van der Waals surface area (Å²) in [6.07, 6.45) is 2.44. The quantitative estimate of drug-likeness (QED) is 0.783. The van der Waals surface area contributed by atoms with Gasteiger partial charge in [-0.25, -0.2) is 13.4 Å². The Morgan fingerprint density at radius 1 is 1.25 bits per heavy atom. The Kier molecular flexibility index (Phi) is 5.95. The van der Waals surface area contributed by atoms with E-state index >= 15 is 0 Å². The van der Waals surface area contributed by atoms with E-state index in [4.69, 9.17) is 0 Å². The molecule has 2 N–H and O–H groups in total. The summed E-state index contributed by atoms with van der Waals surface area (Å²) in [4.78, 5) is 16.2. The summed E-state index contributed by atoms with van der Waals surface area (Å²) < 4.78 is 24.8. The van der Waals surface area contributed by atoms with Crippen molar-refractivity contribution >= 4 is 38.1 Å². The van der Waals surface area contributed by atoms with Gasteiger partial charge < -0.3 is 5.32 Å². The first kappa shape index (κ1) is 18.4. The van der Waals surface area contributed by atoms with Gasteiger partial charge in [0.1, 0.15) is 0 Å². The molecular weight excluding hydrogens is 346 g/mol. The van der Waals surface area contributed by atoms with Gasteiger partial charge in [0.25, 0.3) is 0 Å². The predicted octanol–water partition coefficient (Wildman–Crippen LogP) is 3.56. The zero-order valence-corrected chi connectivity index (χ0v) is 15.5. The molecule has 0 aliphatic rings. The van der Waals surface area contributed by atoms with Gasteiger partial charge in [-0.2, -0.15) is 0 Å². The van der Waals surface area contributed by atoms with Crippen molar-refractivity contribution in [2.24, 2.45) is 5.92 Å². The van der Waals surface area contributed by atoms with Crippen LogP contribution in [0.1, 0.15) is 26.7 Å². The Balaban J connectivity index is 2.01. The number of nitrogens with one attached hydrogen (secondary N) is 2. The molecule has 0 fully saturated rings. The van der Waals surface area contributed by atoms with Crippen LogP contribution in [0.5, 0.6) is 0 Å².